The summed E-state index contributed by atoms with van der Waals surface area (Å²) in [5.41, 5.74) is 7.22. The van der Waals surface area contributed by atoms with E-state index < -0.39 is 0 Å². The smallest absolute Gasteiger partial charge is 0.0641 e. The molecule has 80 valence electrons. The second-order valence-corrected chi connectivity index (χ2v) is 3.56. The van der Waals surface area contributed by atoms with Gasteiger partial charge in [0.1, 0.15) is 0 Å². The molecule has 0 aliphatic rings. The Kier molecular flexibility index (Phi) is 4.70. The molecule has 1 aromatic rings. The van der Waals surface area contributed by atoms with Crippen LogP contribution in [0.3, 0.4) is 0 Å². The lowest BCUT2D eigenvalue weighted by molar-refractivity contribution is 0.186. The minimum absolute atomic E-state index is 0.270. The van der Waals surface area contributed by atoms with Gasteiger partial charge in [-0.25, -0.2) is 0 Å². The van der Waals surface area contributed by atoms with Crippen molar-refractivity contribution in [2.24, 2.45) is 5.73 Å². The van der Waals surface area contributed by atoms with Crippen LogP contribution in [-0.2, 0) is 17.7 Å². The molecule has 0 amide bonds. The molecule has 0 saturated heterocycles. The zero-order chi connectivity index (χ0) is 10.4. The summed E-state index contributed by atoms with van der Waals surface area (Å²) < 4.78 is 7.26. The maximum absolute atomic E-state index is 5.92. The van der Waals surface area contributed by atoms with Crippen molar-refractivity contribution < 1.29 is 4.74 Å². The quantitative estimate of drug-likeness (QED) is 0.747. The van der Waals surface area contributed by atoms with Crippen LogP contribution in [-0.4, -0.2) is 24.3 Å². The summed E-state index contributed by atoms with van der Waals surface area (Å²) in [5.74, 6) is 0. The Hall–Kier alpha value is -0.800. The predicted octanol–water partition coefficient (Wildman–Crippen LogP) is 1.41. The lowest BCUT2D eigenvalue weighted by atomic mass is 10.1. The van der Waals surface area contributed by atoms with Gasteiger partial charge in [-0.1, -0.05) is 6.92 Å². The van der Waals surface area contributed by atoms with Gasteiger partial charge in [0.05, 0.1) is 6.61 Å². The third kappa shape index (κ3) is 3.16. The van der Waals surface area contributed by atoms with E-state index in [4.69, 9.17) is 10.5 Å². The van der Waals surface area contributed by atoms with E-state index in [-0.39, 0.29) is 6.04 Å². The normalized spacial score (nSPS) is 13.1. The molecule has 0 radical (unpaired) electrons. The van der Waals surface area contributed by atoms with Crippen molar-refractivity contribution in [1.29, 1.82) is 0 Å². The van der Waals surface area contributed by atoms with Crippen molar-refractivity contribution >= 4 is 0 Å². The van der Waals surface area contributed by atoms with E-state index in [1.165, 1.54) is 5.69 Å². The van der Waals surface area contributed by atoms with Gasteiger partial charge < -0.3 is 15.0 Å². The fourth-order valence-corrected chi connectivity index (χ4v) is 1.46. The van der Waals surface area contributed by atoms with Gasteiger partial charge in [-0.05, 0) is 18.6 Å². The van der Waals surface area contributed by atoms with Gasteiger partial charge >= 0.3 is 0 Å². The van der Waals surface area contributed by atoms with Gasteiger partial charge in [0.25, 0.3) is 0 Å². The molecule has 14 heavy (non-hydrogen) atoms. The van der Waals surface area contributed by atoms with E-state index in [9.17, 15) is 0 Å². The van der Waals surface area contributed by atoms with E-state index in [1.807, 2.05) is 0 Å². The Morgan fingerprint density at radius 1 is 1.57 bits per heavy atom. The lowest BCUT2D eigenvalue weighted by Gasteiger charge is -2.12. The summed E-state index contributed by atoms with van der Waals surface area (Å²) in [6, 6.07) is 4.46. The average Bonchev–Trinajstić information content (AvgIpc) is 2.62. The number of hydrogen-bond donors (Lipinski definition) is 1. The molecule has 0 fully saturated rings. The van der Waals surface area contributed by atoms with Crippen molar-refractivity contribution in [2.45, 2.75) is 32.4 Å². The molecular weight excluding hydrogens is 176 g/mol. The molecule has 3 nitrogen and oxygen atoms in total. The summed E-state index contributed by atoms with van der Waals surface area (Å²) in [4.78, 5) is 0. The fraction of sp³-hybridized carbons (Fsp3) is 0.636. The van der Waals surface area contributed by atoms with E-state index in [0.29, 0.717) is 0 Å². The van der Waals surface area contributed by atoms with Crippen LogP contribution in [0.5, 0.6) is 0 Å². The highest BCUT2D eigenvalue weighted by Gasteiger charge is 2.05. The van der Waals surface area contributed by atoms with Gasteiger partial charge in [0.2, 0.25) is 0 Å². The van der Waals surface area contributed by atoms with Crippen LogP contribution in [0.1, 0.15) is 19.0 Å². The Morgan fingerprint density at radius 2 is 2.36 bits per heavy atom. The van der Waals surface area contributed by atoms with Gasteiger partial charge in [-0.15, -0.1) is 0 Å². The summed E-state index contributed by atoms with van der Waals surface area (Å²) in [7, 11) is 1.72. The molecule has 0 bridgehead atoms. The molecular formula is C11H20N2O. The Balaban J connectivity index is 2.53. The first-order chi connectivity index (χ1) is 6.77. The Bertz CT molecular complexity index is 258. The van der Waals surface area contributed by atoms with Crippen LogP contribution in [0.15, 0.2) is 18.3 Å². The second-order valence-electron chi connectivity index (χ2n) is 3.56. The van der Waals surface area contributed by atoms with Crippen molar-refractivity contribution in [1.82, 2.24) is 4.57 Å². The highest BCUT2D eigenvalue weighted by atomic mass is 16.5. The number of hydrogen-bond acceptors (Lipinski definition) is 2. The highest BCUT2D eigenvalue weighted by molar-refractivity contribution is 5.08. The summed E-state index contributed by atoms with van der Waals surface area (Å²) in [6.45, 7) is 3.78. The first-order valence-corrected chi connectivity index (χ1v) is 5.16. The molecule has 1 atom stereocenters. The molecule has 1 aromatic heterocycles. The maximum Gasteiger partial charge on any atom is 0.0641 e. The monoisotopic (exact) mass is 196 g/mol. The van der Waals surface area contributed by atoms with Crippen LogP contribution in [0.4, 0.5) is 0 Å². The van der Waals surface area contributed by atoms with Crippen LogP contribution >= 0.6 is 0 Å². The summed E-state index contributed by atoms with van der Waals surface area (Å²) in [5, 5.41) is 0. The zero-order valence-electron chi connectivity index (χ0n) is 9.07. The molecule has 2 N–H and O–H groups in total. The molecule has 1 unspecified atom stereocenters. The topological polar surface area (TPSA) is 40.2 Å². The van der Waals surface area contributed by atoms with E-state index >= 15 is 0 Å². The lowest BCUT2D eigenvalue weighted by Crippen LogP contribution is -2.23. The fourth-order valence-electron chi connectivity index (χ4n) is 1.46. The number of methoxy groups -OCH3 is 1. The third-order valence-electron chi connectivity index (χ3n) is 2.46. The van der Waals surface area contributed by atoms with Crippen LogP contribution in [0, 0.1) is 0 Å². The average molecular weight is 196 g/mol. The molecule has 1 heterocycles. The first kappa shape index (κ1) is 11.3. The van der Waals surface area contributed by atoms with Gasteiger partial charge in [0.15, 0.2) is 0 Å². The summed E-state index contributed by atoms with van der Waals surface area (Å²) >= 11 is 0. The van der Waals surface area contributed by atoms with Crippen molar-refractivity contribution in [3.8, 4) is 0 Å². The number of nitrogens with zero attached hydrogens (tertiary/aromatic N) is 1. The SMILES string of the molecule is CCC(N)Cc1cccn1CCOC. The zero-order valence-corrected chi connectivity index (χ0v) is 9.07. The number of nitrogens with two attached hydrogens (primary N) is 1. The molecule has 0 aliphatic heterocycles. The van der Waals surface area contributed by atoms with Gasteiger partial charge in [-0.2, -0.15) is 0 Å². The molecule has 0 saturated carbocycles. The van der Waals surface area contributed by atoms with Crippen molar-refractivity contribution in [3.05, 3.63) is 24.0 Å². The van der Waals surface area contributed by atoms with E-state index in [2.05, 4.69) is 29.8 Å². The van der Waals surface area contributed by atoms with Crippen molar-refractivity contribution in [3.63, 3.8) is 0 Å². The van der Waals surface area contributed by atoms with Crippen LogP contribution in [0.25, 0.3) is 0 Å². The van der Waals surface area contributed by atoms with Crippen LogP contribution in [0.2, 0.25) is 0 Å². The third-order valence-corrected chi connectivity index (χ3v) is 2.46. The Labute approximate surface area is 85.9 Å². The molecule has 3 heteroatoms. The minimum atomic E-state index is 0.270. The molecule has 0 aromatic carbocycles. The first-order valence-electron chi connectivity index (χ1n) is 5.16. The molecule has 1 rings (SSSR count). The van der Waals surface area contributed by atoms with Gasteiger partial charge in [0, 0.05) is 38.0 Å². The van der Waals surface area contributed by atoms with Crippen LogP contribution < -0.4 is 5.73 Å². The largest absolute Gasteiger partial charge is 0.383 e. The van der Waals surface area contributed by atoms with Gasteiger partial charge in [-0.3, -0.25) is 0 Å². The van der Waals surface area contributed by atoms with Crippen molar-refractivity contribution in [2.75, 3.05) is 13.7 Å². The van der Waals surface area contributed by atoms with E-state index in [0.717, 1.165) is 26.0 Å². The summed E-state index contributed by atoms with van der Waals surface area (Å²) in [6.07, 6.45) is 4.05. The maximum atomic E-state index is 5.92. The highest BCUT2D eigenvalue weighted by Crippen LogP contribution is 2.06. The minimum Gasteiger partial charge on any atom is -0.383 e. The standard InChI is InChI=1S/C11H20N2O/c1-3-10(12)9-11-5-4-6-13(11)7-8-14-2/h4-6,10H,3,7-9,12H2,1-2H3. The number of aromatic nitrogens is 1. The van der Waals surface area contributed by atoms with E-state index in [1.54, 1.807) is 7.11 Å². The number of ether oxygens (including phenoxy) is 1. The Morgan fingerprint density at radius 3 is 3.00 bits per heavy atom. The second kappa shape index (κ2) is 5.83. The molecule has 0 aliphatic carbocycles. The predicted molar refractivity (Wildman–Crippen MR) is 58.3 cm³/mol. The molecule has 0 spiro atoms. The number of rotatable bonds is 6.